The van der Waals surface area contributed by atoms with Crippen LogP contribution in [0.3, 0.4) is 0 Å². The second kappa shape index (κ2) is 4.35. The van der Waals surface area contributed by atoms with E-state index in [4.69, 9.17) is 0 Å². The first kappa shape index (κ1) is 12.5. The summed E-state index contributed by atoms with van der Waals surface area (Å²) < 4.78 is 0. The van der Waals surface area contributed by atoms with E-state index in [2.05, 4.69) is 41.5 Å². The van der Waals surface area contributed by atoms with E-state index in [0.29, 0.717) is 0 Å². The van der Waals surface area contributed by atoms with E-state index < -0.39 is 0 Å². The van der Waals surface area contributed by atoms with Gasteiger partial charge in [0.05, 0.1) is 0 Å². The van der Waals surface area contributed by atoms with Crippen molar-refractivity contribution in [2.45, 2.75) is 54.4 Å². The summed E-state index contributed by atoms with van der Waals surface area (Å²) in [6.07, 6.45) is 2.92. The molecular weight excluding hydrogens is 192 g/mol. The van der Waals surface area contributed by atoms with Crippen molar-refractivity contribution in [2.75, 3.05) is 0 Å². The first-order valence-corrected chi connectivity index (χ1v) is 7.49. The molecule has 0 bridgehead atoms. The van der Waals surface area contributed by atoms with Crippen LogP contribution in [0.2, 0.25) is 0 Å². The van der Waals surface area contributed by atoms with E-state index in [0.717, 1.165) is 47.3 Å². The molecule has 94 valence electrons. The molecule has 7 atom stereocenters. The Morgan fingerprint density at radius 3 is 1.81 bits per heavy atom. The molecular formula is C16H30. The average molecular weight is 222 g/mol. The molecule has 2 rings (SSSR count). The lowest BCUT2D eigenvalue weighted by atomic mass is 9.94. The highest BCUT2D eigenvalue weighted by Gasteiger charge is 2.53. The van der Waals surface area contributed by atoms with Crippen LogP contribution in [-0.2, 0) is 0 Å². The van der Waals surface area contributed by atoms with Crippen molar-refractivity contribution in [3.8, 4) is 0 Å². The van der Waals surface area contributed by atoms with E-state index in [-0.39, 0.29) is 0 Å². The Morgan fingerprint density at radius 2 is 1.44 bits per heavy atom. The summed E-state index contributed by atoms with van der Waals surface area (Å²) in [5, 5.41) is 0. The standard InChI is InChI=1S/C16H30/c1-7-13-11(5)16(13)10(4)8-14-12(6)15(14)9(2)3/h9-16H,7-8H2,1-6H3. The molecule has 0 nitrogen and oxygen atoms in total. The molecule has 0 aliphatic heterocycles. The lowest BCUT2D eigenvalue weighted by molar-refractivity contribution is 0.379. The zero-order chi connectivity index (χ0) is 12.0. The highest BCUT2D eigenvalue weighted by Crippen LogP contribution is 2.59. The van der Waals surface area contributed by atoms with Crippen LogP contribution >= 0.6 is 0 Å². The van der Waals surface area contributed by atoms with Crippen LogP contribution in [0.15, 0.2) is 0 Å². The predicted molar refractivity (Wildman–Crippen MR) is 71.2 cm³/mol. The maximum Gasteiger partial charge on any atom is -0.0329 e. The summed E-state index contributed by atoms with van der Waals surface area (Å²) in [6.45, 7) is 14.6. The van der Waals surface area contributed by atoms with Gasteiger partial charge in [0.1, 0.15) is 0 Å². The molecule has 0 amide bonds. The maximum absolute atomic E-state index is 2.51. The zero-order valence-electron chi connectivity index (χ0n) is 12.0. The summed E-state index contributed by atoms with van der Waals surface area (Å²) in [7, 11) is 0. The summed E-state index contributed by atoms with van der Waals surface area (Å²) >= 11 is 0. The van der Waals surface area contributed by atoms with Crippen molar-refractivity contribution in [1.82, 2.24) is 0 Å². The molecule has 0 aromatic carbocycles. The van der Waals surface area contributed by atoms with Gasteiger partial charge < -0.3 is 0 Å². The molecule has 2 aliphatic rings. The van der Waals surface area contributed by atoms with Gasteiger partial charge in [-0.15, -0.1) is 0 Å². The minimum absolute atomic E-state index is 0.908. The van der Waals surface area contributed by atoms with Crippen LogP contribution in [0.4, 0.5) is 0 Å². The molecule has 2 fully saturated rings. The highest BCUT2D eigenvalue weighted by molar-refractivity contribution is 5.01. The van der Waals surface area contributed by atoms with Gasteiger partial charge >= 0.3 is 0 Å². The normalized spacial score (nSPS) is 48.2. The van der Waals surface area contributed by atoms with Gasteiger partial charge in [-0.25, -0.2) is 0 Å². The van der Waals surface area contributed by atoms with Gasteiger partial charge in [0.25, 0.3) is 0 Å². The maximum atomic E-state index is 2.51. The molecule has 0 heterocycles. The molecule has 0 N–H and O–H groups in total. The van der Waals surface area contributed by atoms with Crippen LogP contribution in [0.5, 0.6) is 0 Å². The Labute approximate surface area is 102 Å². The van der Waals surface area contributed by atoms with Gasteiger partial charge in [0.2, 0.25) is 0 Å². The summed E-state index contributed by atoms with van der Waals surface area (Å²) in [6, 6.07) is 0. The van der Waals surface area contributed by atoms with Gasteiger partial charge in [-0.1, -0.05) is 48.0 Å². The van der Waals surface area contributed by atoms with Crippen LogP contribution in [0.25, 0.3) is 0 Å². The van der Waals surface area contributed by atoms with Crippen LogP contribution in [-0.4, -0.2) is 0 Å². The van der Waals surface area contributed by atoms with Crippen molar-refractivity contribution in [1.29, 1.82) is 0 Å². The number of hydrogen-bond donors (Lipinski definition) is 0. The topological polar surface area (TPSA) is 0 Å². The quantitative estimate of drug-likeness (QED) is 0.624. The molecule has 0 heteroatoms. The molecule has 7 unspecified atom stereocenters. The van der Waals surface area contributed by atoms with Gasteiger partial charge in [-0.3, -0.25) is 0 Å². The number of hydrogen-bond acceptors (Lipinski definition) is 0. The highest BCUT2D eigenvalue weighted by atomic mass is 14.6. The van der Waals surface area contributed by atoms with Gasteiger partial charge in [-0.05, 0) is 53.8 Å². The minimum atomic E-state index is 0.908. The van der Waals surface area contributed by atoms with Gasteiger partial charge in [-0.2, -0.15) is 0 Å². The fourth-order valence-electron chi connectivity index (χ4n) is 4.80. The SMILES string of the molecule is CCC1C(C)C1C(C)CC1C(C)C1C(C)C. The molecule has 0 radical (unpaired) electrons. The smallest absolute Gasteiger partial charge is 0.0329 e. The average Bonchev–Trinajstić information content (AvgIpc) is 3.03. The fourth-order valence-corrected chi connectivity index (χ4v) is 4.80. The monoisotopic (exact) mass is 222 g/mol. The molecule has 0 spiro atoms. The molecule has 0 saturated heterocycles. The summed E-state index contributed by atoms with van der Waals surface area (Å²) in [5.41, 5.74) is 0. The van der Waals surface area contributed by atoms with E-state index in [1.54, 1.807) is 0 Å². The van der Waals surface area contributed by atoms with Crippen molar-refractivity contribution in [3.63, 3.8) is 0 Å². The van der Waals surface area contributed by atoms with E-state index >= 15 is 0 Å². The van der Waals surface area contributed by atoms with Gasteiger partial charge in [0, 0.05) is 0 Å². The third-order valence-electron chi connectivity index (χ3n) is 5.81. The third-order valence-corrected chi connectivity index (χ3v) is 5.81. The first-order chi connectivity index (χ1) is 7.49. The van der Waals surface area contributed by atoms with E-state index in [1.807, 2.05) is 0 Å². The Morgan fingerprint density at radius 1 is 0.875 bits per heavy atom. The third kappa shape index (κ3) is 2.05. The Bertz CT molecular complexity index is 242. The van der Waals surface area contributed by atoms with E-state index in [1.165, 1.54) is 12.8 Å². The molecule has 2 saturated carbocycles. The fraction of sp³-hybridized carbons (Fsp3) is 1.00. The molecule has 16 heavy (non-hydrogen) atoms. The van der Waals surface area contributed by atoms with Crippen molar-refractivity contribution >= 4 is 0 Å². The van der Waals surface area contributed by atoms with Crippen molar-refractivity contribution in [2.24, 2.45) is 47.3 Å². The van der Waals surface area contributed by atoms with Crippen LogP contribution < -0.4 is 0 Å². The lowest BCUT2D eigenvalue weighted by Crippen LogP contribution is -2.03. The summed E-state index contributed by atoms with van der Waals surface area (Å²) in [4.78, 5) is 0. The van der Waals surface area contributed by atoms with Crippen LogP contribution in [0, 0.1) is 47.3 Å². The lowest BCUT2D eigenvalue weighted by Gasteiger charge is -2.11. The molecule has 0 aromatic rings. The number of rotatable bonds is 5. The Balaban J connectivity index is 1.79. The zero-order valence-corrected chi connectivity index (χ0v) is 12.0. The molecule has 0 aromatic heterocycles. The van der Waals surface area contributed by atoms with Crippen molar-refractivity contribution < 1.29 is 0 Å². The predicted octanol–water partition coefficient (Wildman–Crippen LogP) is 4.84. The summed E-state index contributed by atoms with van der Waals surface area (Å²) in [5.74, 6) is 8.13. The molecule has 2 aliphatic carbocycles. The second-order valence-corrected chi connectivity index (χ2v) is 7.07. The first-order valence-electron chi connectivity index (χ1n) is 7.49. The van der Waals surface area contributed by atoms with Crippen molar-refractivity contribution in [3.05, 3.63) is 0 Å². The van der Waals surface area contributed by atoms with Crippen LogP contribution in [0.1, 0.15) is 54.4 Å². The Hall–Kier alpha value is 0. The van der Waals surface area contributed by atoms with E-state index in [9.17, 15) is 0 Å². The Kier molecular flexibility index (Phi) is 3.39. The second-order valence-electron chi connectivity index (χ2n) is 7.07. The van der Waals surface area contributed by atoms with Gasteiger partial charge in [0.15, 0.2) is 0 Å². The largest absolute Gasteiger partial charge is 0.0651 e. The minimum Gasteiger partial charge on any atom is -0.0651 e.